The molecule has 0 aromatic heterocycles. The molecular weight excluding hydrogens is 176 g/mol. The first-order chi connectivity index (χ1) is 6.73. The topological polar surface area (TPSA) is 41.1 Å². The predicted octanol–water partition coefficient (Wildman–Crippen LogP) is 1.04. The normalized spacial score (nSPS) is 30.5. The number of hydrogen-bond acceptors (Lipinski definition) is 2. The molecular formula is C11H20N2O. The minimum atomic E-state index is 0.134. The van der Waals surface area contributed by atoms with Gasteiger partial charge in [0.2, 0.25) is 5.91 Å². The van der Waals surface area contributed by atoms with Crippen LogP contribution in [0.3, 0.4) is 0 Å². The van der Waals surface area contributed by atoms with Gasteiger partial charge < -0.3 is 10.6 Å². The fourth-order valence-electron chi connectivity index (χ4n) is 3.13. The van der Waals surface area contributed by atoms with Gasteiger partial charge in [-0.25, -0.2) is 0 Å². The van der Waals surface area contributed by atoms with E-state index in [4.69, 9.17) is 0 Å². The second kappa shape index (κ2) is 3.89. The molecule has 80 valence electrons. The smallest absolute Gasteiger partial charge is 0.217 e. The van der Waals surface area contributed by atoms with E-state index in [9.17, 15) is 4.79 Å². The highest BCUT2D eigenvalue weighted by atomic mass is 16.1. The van der Waals surface area contributed by atoms with Gasteiger partial charge in [0.25, 0.3) is 0 Å². The highest BCUT2D eigenvalue weighted by molar-refractivity contribution is 5.73. The van der Waals surface area contributed by atoms with E-state index in [1.165, 1.54) is 32.1 Å². The van der Waals surface area contributed by atoms with Crippen molar-refractivity contribution in [2.45, 2.75) is 45.1 Å². The first-order valence-electron chi connectivity index (χ1n) is 5.71. The molecule has 1 aliphatic carbocycles. The second-order valence-corrected chi connectivity index (χ2v) is 4.76. The monoisotopic (exact) mass is 196 g/mol. The van der Waals surface area contributed by atoms with E-state index < -0.39 is 0 Å². The molecule has 3 nitrogen and oxygen atoms in total. The molecule has 2 aliphatic rings. The summed E-state index contributed by atoms with van der Waals surface area (Å²) in [5, 5.41) is 6.53. The van der Waals surface area contributed by atoms with Crippen LogP contribution in [-0.4, -0.2) is 25.0 Å². The SMILES string of the molecule is CC(=O)NC1CCCC12CCNCC2. The van der Waals surface area contributed by atoms with E-state index in [0.29, 0.717) is 11.5 Å². The fourth-order valence-corrected chi connectivity index (χ4v) is 3.13. The van der Waals surface area contributed by atoms with Crippen LogP contribution in [0.15, 0.2) is 0 Å². The molecule has 3 heteroatoms. The van der Waals surface area contributed by atoms with E-state index in [1.54, 1.807) is 6.92 Å². The van der Waals surface area contributed by atoms with Gasteiger partial charge in [0.05, 0.1) is 0 Å². The number of rotatable bonds is 1. The van der Waals surface area contributed by atoms with E-state index in [-0.39, 0.29) is 5.91 Å². The molecule has 0 aromatic rings. The van der Waals surface area contributed by atoms with Gasteiger partial charge in [-0.05, 0) is 44.2 Å². The van der Waals surface area contributed by atoms with Crippen molar-refractivity contribution in [1.29, 1.82) is 0 Å². The van der Waals surface area contributed by atoms with Crippen molar-refractivity contribution >= 4 is 5.91 Å². The second-order valence-electron chi connectivity index (χ2n) is 4.76. The highest BCUT2D eigenvalue weighted by Gasteiger charge is 2.43. The summed E-state index contributed by atoms with van der Waals surface area (Å²) in [4.78, 5) is 11.1. The summed E-state index contributed by atoms with van der Waals surface area (Å²) < 4.78 is 0. The number of piperidine rings is 1. The van der Waals surface area contributed by atoms with Crippen LogP contribution in [0.1, 0.15) is 39.0 Å². The lowest BCUT2D eigenvalue weighted by molar-refractivity contribution is -0.120. The molecule has 2 N–H and O–H groups in total. The molecule has 1 spiro atoms. The Labute approximate surface area is 85.6 Å². The van der Waals surface area contributed by atoms with Crippen molar-refractivity contribution in [1.82, 2.24) is 10.6 Å². The summed E-state index contributed by atoms with van der Waals surface area (Å²) in [6.45, 7) is 3.87. The van der Waals surface area contributed by atoms with Crippen molar-refractivity contribution in [3.05, 3.63) is 0 Å². The number of hydrogen-bond donors (Lipinski definition) is 2. The Kier molecular flexibility index (Phi) is 2.77. The molecule has 1 saturated heterocycles. The van der Waals surface area contributed by atoms with E-state index in [2.05, 4.69) is 10.6 Å². The highest BCUT2D eigenvalue weighted by Crippen LogP contribution is 2.44. The third-order valence-electron chi connectivity index (χ3n) is 3.88. The zero-order valence-electron chi connectivity index (χ0n) is 8.94. The van der Waals surface area contributed by atoms with Crippen LogP contribution in [0.5, 0.6) is 0 Å². The quantitative estimate of drug-likeness (QED) is 0.658. The zero-order chi connectivity index (χ0) is 10.0. The fraction of sp³-hybridized carbons (Fsp3) is 0.909. The minimum absolute atomic E-state index is 0.134. The van der Waals surface area contributed by atoms with Gasteiger partial charge in [-0.2, -0.15) is 0 Å². The Morgan fingerprint density at radius 3 is 2.71 bits per heavy atom. The molecule has 2 fully saturated rings. The Hall–Kier alpha value is -0.570. The summed E-state index contributed by atoms with van der Waals surface area (Å²) in [6.07, 6.45) is 6.24. The largest absolute Gasteiger partial charge is 0.353 e. The van der Waals surface area contributed by atoms with Gasteiger partial charge in [0, 0.05) is 13.0 Å². The van der Waals surface area contributed by atoms with E-state index >= 15 is 0 Å². The Morgan fingerprint density at radius 2 is 2.07 bits per heavy atom. The van der Waals surface area contributed by atoms with E-state index in [1.807, 2.05) is 0 Å². The third-order valence-corrected chi connectivity index (χ3v) is 3.88. The van der Waals surface area contributed by atoms with Crippen molar-refractivity contribution in [3.63, 3.8) is 0 Å². The molecule has 14 heavy (non-hydrogen) atoms. The van der Waals surface area contributed by atoms with Gasteiger partial charge in [-0.15, -0.1) is 0 Å². The minimum Gasteiger partial charge on any atom is -0.353 e. The van der Waals surface area contributed by atoms with Crippen LogP contribution in [-0.2, 0) is 4.79 Å². The number of carbonyl (C=O) groups is 1. The molecule has 1 aliphatic heterocycles. The summed E-state index contributed by atoms with van der Waals surface area (Å²) in [7, 11) is 0. The van der Waals surface area contributed by atoms with E-state index in [0.717, 1.165) is 13.1 Å². The molecule has 0 bridgehead atoms. The average molecular weight is 196 g/mol. The summed E-state index contributed by atoms with van der Waals surface area (Å²) in [5.74, 6) is 0.134. The zero-order valence-corrected chi connectivity index (χ0v) is 8.94. The maximum absolute atomic E-state index is 11.1. The molecule has 0 aromatic carbocycles. The maximum Gasteiger partial charge on any atom is 0.217 e. The first kappa shape index (κ1) is 9.97. The number of nitrogens with one attached hydrogen (secondary N) is 2. The molecule has 2 rings (SSSR count). The van der Waals surface area contributed by atoms with Gasteiger partial charge in [0.1, 0.15) is 0 Å². The Balaban J connectivity index is 2.03. The van der Waals surface area contributed by atoms with Crippen LogP contribution >= 0.6 is 0 Å². The van der Waals surface area contributed by atoms with Crippen LogP contribution in [0.4, 0.5) is 0 Å². The van der Waals surface area contributed by atoms with Crippen molar-refractivity contribution in [3.8, 4) is 0 Å². The summed E-state index contributed by atoms with van der Waals surface area (Å²) in [6, 6.07) is 0.446. The molecule has 0 radical (unpaired) electrons. The lowest BCUT2D eigenvalue weighted by Gasteiger charge is -2.39. The van der Waals surface area contributed by atoms with Crippen LogP contribution in [0.2, 0.25) is 0 Å². The maximum atomic E-state index is 11.1. The Bertz CT molecular complexity index is 221. The molecule has 1 atom stereocenters. The van der Waals surface area contributed by atoms with Crippen LogP contribution in [0.25, 0.3) is 0 Å². The van der Waals surface area contributed by atoms with Crippen molar-refractivity contribution in [2.75, 3.05) is 13.1 Å². The molecule has 1 saturated carbocycles. The average Bonchev–Trinajstić information content (AvgIpc) is 2.50. The van der Waals surface area contributed by atoms with Crippen molar-refractivity contribution in [2.24, 2.45) is 5.41 Å². The van der Waals surface area contributed by atoms with Gasteiger partial charge in [0.15, 0.2) is 0 Å². The van der Waals surface area contributed by atoms with Crippen molar-refractivity contribution < 1.29 is 4.79 Å². The molecule has 1 heterocycles. The van der Waals surface area contributed by atoms with Gasteiger partial charge in [-0.1, -0.05) is 6.42 Å². The van der Waals surface area contributed by atoms with Gasteiger partial charge in [-0.3, -0.25) is 4.79 Å². The van der Waals surface area contributed by atoms with Crippen LogP contribution in [0, 0.1) is 5.41 Å². The lowest BCUT2D eigenvalue weighted by atomic mass is 9.74. The third kappa shape index (κ3) is 1.78. The van der Waals surface area contributed by atoms with Gasteiger partial charge >= 0.3 is 0 Å². The number of carbonyl (C=O) groups excluding carboxylic acids is 1. The number of amides is 1. The molecule has 1 amide bonds. The standard InChI is InChI=1S/C11H20N2O/c1-9(14)13-10-3-2-4-11(10)5-7-12-8-6-11/h10,12H,2-8H2,1H3,(H,13,14). The lowest BCUT2D eigenvalue weighted by Crippen LogP contribution is -2.48. The Morgan fingerprint density at radius 1 is 1.36 bits per heavy atom. The summed E-state index contributed by atoms with van der Waals surface area (Å²) in [5.41, 5.74) is 0.428. The predicted molar refractivity (Wildman–Crippen MR) is 56.0 cm³/mol. The van der Waals surface area contributed by atoms with Crippen LogP contribution < -0.4 is 10.6 Å². The first-order valence-corrected chi connectivity index (χ1v) is 5.71. The molecule has 1 unspecified atom stereocenters. The summed E-state index contributed by atoms with van der Waals surface area (Å²) >= 11 is 0.